The van der Waals surface area contributed by atoms with Gasteiger partial charge in [-0.1, -0.05) is 0 Å². The molecule has 0 bridgehead atoms. The molecule has 0 aromatic rings. The van der Waals surface area contributed by atoms with Crippen molar-refractivity contribution in [2.75, 3.05) is 0 Å². The highest BCUT2D eigenvalue weighted by atomic mass is 16.8. The molecule has 2 fully saturated rings. The van der Waals surface area contributed by atoms with Crippen LogP contribution in [0.1, 0.15) is 27.7 Å². The van der Waals surface area contributed by atoms with Crippen LogP contribution in [0.5, 0.6) is 0 Å². The van der Waals surface area contributed by atoms with Crippen molar-refractivity contribution in [2.45, 2.75) is 63.9 Å². The van der Waals surface area contributed by atoms with Crippen LogP contribution in [0.4, 0.5) is 0 Å². The van der Waals surface area contributed by atoms with E-state index in [0.717, 1.165) is 0 Å². The van der Waals surface area contributed by atoms with Crippen LogP contribution in [0.3, 0.4) is 0 Å². The summed E-state index contributed by atoms with van der Waals surface area (Å²) in [5, 5.41) is 10.2. The highest BCUT2D eigenvalue weighted by molar-refractivity contribution is 5.10. The van der Waals surface area contributed by atoms with E-state index in [9.17, 15) is 5.11 Å². The third-order valence-electron chi connectivity index (χ3n) is 3.12. The highest BCUT2D eigenvalue weighted by Gasteiger charge is 2.56. The van der Waals surface area contributed by atoms with Gasteiger partial charge in [-0.05, 0) is 13.8 Å². The third-order valence-corrected chi connectivity index (χ3v) is 3.12. The minimum absolute atomic E-state index is 0.465. The van der Waals surface area contributed by atoms with E-state index in [4.69, 9.17) is 23.7 Å². The Labute approximate surface area is 105 Å². The zero-order chi connectivity index (χ0) is 13.1. The number of rotatable bonds is 1. The summed E-state index contributed by atoms with van der Waals surface area (Å²) in [7, 11) is 0. The van der Waals surface area contributed by atoms with Gasteiger partial charge in [0, 0.05) is 13.8 Å². The molecule has 0 radical (unpaired) electrons. The molecule has 4 atom stereocenters. The van der Waals surface area contributed by atoms with Crippen LogP contribution in [0.15, 0.2) is 12.0 Å². The van der Waals surface area contributed by atoms with Gasteiger partial charge in [0.05, 0.1) is 0 Å². The van der Waals surface area contributed by atoms with Crippen LogP contribution in [0.25, 0.3) is 0 Å². The summed E-state index contributed by atoms with van der Waals surface area (Å²) >= 11 is 0. The number of hydrogen-bond acceptors (Lipinski definition) is 6. The topological polar surface area (TPSA) is 66.4 Å². The molecule has 1 N–H and O–H groups in total. The molecule has 0 spiro atoms. The number of hydrogen-bond donors (Lipinski definition) is 1. The SMILES string of the molecule is CC1(C)OC=C([C@@H]2O[C@@H]3OC(C)(C)O[C@@H]3C2O)O1. The number of ether oxygens (including phenoxy) is 5. The molecule has 1 unspecified atom stereocenters. The lowest BCUT2D eigenvalue weighted by Crippen LogP contribution is -2.36. The zero-order valence-electron chi connectivity index (χ0n) is 10.9. The lowest BCUT2D eigenvalue weighted by Gasteiger charge is -2.24. The Morgan fingerprint density at radius 3 is 2.39 bits per heavy atom. The average molecular weight is 258 g/mol. The van der Waals surface area contributed by atoms with Crippen molar-refractivity contribution in [1.29, 1.82) is 0 Å². The lowest BCUT2D eigenvalue weighted by molar-refractivity contribution is -0.217. The van der Waals surface area contributed by atoms with Gasteiger partial charge in [-0.3, -0.25) is 0 Å². The second-order valence-electron chi connectivity index (χ2n) is 5.66. The van der Waals surface area contributed by atoms with Crippen molar-refractivity contribution < 1.29 is 28.8 Å². The van der Waals surface area contributed by atoms with Crippen LogP contribution in [-0.2, 0) is 23.7 Å². The Balaban J connectivity index is 1.72. The molecule has 0 amide bonds. The fourth-order valence-electron chi connectivity index (χ4n) is 2.38. The molecule has 102 valence electrons. The van der Waals surface area contributed by atoms with E-state index in [-0.39, 0.29) is 0 Å². The molecule has 18 heavy (non-hydrogen) atoms. The minimum Gasteiger partial charge on any atom is -0.457 e. The quantitative estimate of drug-likeness (QED) is 0.752. The second kappa shape index (κ2) is 3.60. The standard InChI is InChI=1S/C12H18O6/c1-11(2)14-5-6(16-11)8-7(13)9-10(15-8)18-12(3,4)17-9/h5,7-10,13H,1-4H3/t7?,8-,9+,10+/m0/s1. The van der Waals surface area contributed by atoms with Crippen LogP contribution in [0, 0.1) is 0 Å². The summed E-state index contributed by atoms with van der Waals surface area (Å²) in [5.74, 6) is -0.995. The summed E-state index contributed by atoms with van der Waals surface area (Å²) in [6.45, 7) is 7.14. The molecule has 3 aliphatic rings. The van der Waals surface area contributed by atoms with Gasteiger partial charge in [-0.25, -0.2) is 0 Å². The third kappa shape index (κ3) is 1.89. The highest BCUT2D eigenvalue weighted by Crippen LogP contribution is 2.41. The molecule has 2 saturated heterocycles. The first kappa shape index (κ1) is 12.2. The van der Waals surface area contributed by atoms with E-state index in [1.807, 2.05) is 0 Å². The predicted molar refractivity (Wildman–Crippen MR) is 59.0 cm³/mol. The lowest BCUT2D eigenvalue weighted by atomic mass is 10.1. The van der Waals surface area contributed by atoms with E-state index in [2.05, 4.69) is 0 Å². The second-order valence-corrected chi connectivity index (χ2v) is 5.66. The van der Waals surface area contributed by atoms with E-state index < -0.39 is 36.2 Å². The molecular weight excluding hydrogens is 240 g/mol. The number of aliphatic hydroxyl groups excluding tert-OH is 1. The van der Waals surface area contributed by atoms with Gasteiger partial charge in [-0.15, -0.1) is 0 Å². The summed E-state index contributed by atoms with van der Waals surface area (Å²) < 4.78 is 27.7. The Kier molecular flexibility index (Phi) is 2.45. The zero-order valence-corrected chi connectivity index (χ0v) is 10.9. The van der Waals surface area contributed by atoms with Gasteiger partial charge in [0.1, 0.15) is 24.6 Å². The predicted octanol–water partition coefficient (Wildman–Crippen LogP) is 0.848. The number of aliphatic hydroxyl groups is 1. The summed E-state index contributed by atoms with van der Waals surface area (Å²) in [6.07, 6.45) is -1.05. The first-order valence-electron chi connectivity index (χ1n) is 6.03. The van der Waals surface area contributed by atoms with Gasteiger partial charge >= 0.3 is 0 Å². The first-order valence-corrected chi connectivity index (χ1v) is 6.03. The van der Waals surface area contributed by atoms with Gasteiger partial charge < -0.3 is 28.8 Å². The molecule has 3 heterocycles. The minimum atomic E-state index is -0.833. The van der Waals surface area contributed by atoms with Crippen molar-refractivity contribution >= 4 is 0 Å². The maximum absolute atomic E-state index is 10.2. The Bertz CT molecular complexity index is 388. The molecule has 3 aliphatic heterocycles. The summed E-state index contributed by atoms with van der Waals surface area (Å²) in [5.41, 5.74) is 0. The van der Waals surface area contributed by atoms with Crippen molar-refractivity contribution in [3.05, 3.63) is 12.0 Å². The van der Waals surface area contributed by atoms with Crippen LogP contribution in [0.2, 0.25) is 0 Å². The maximum atomic E-state index is 10.2. The van der Waals surface area contributed by atoms with E-state index in [1.54, 1.807) is 27.7 Å². The fourth-order valence-corrected chi connectivity index (χ4v) is 2.38. The summed E-state index contributed by atoms with van der Waals surface area (Å²) in [6, 6.07) is 0. The fraction of sp³-hybridized carbons (Fsp3) is 0.833. The van der Waals surface area contributed by atoms with E-state index in [0.29, 0.717) is 5.76 Å². The van der Waals surface area contributed by atoms with Crippen LogP contribution >= 0.6 is 0 Å². The Morgan fingerprint density at radius 1 is 1.11 bits per heavy atom. The van der Waals surface area contributed by atoms with Gasteiger partial charge in [0.25, 0.3) is 0 Å². The molecular formula is C12H18O6. The first-order chi connectivity index (χ1) is 8.27. The van der Waals surface area contributed by atoms with E-state index in [1.165, 1.54) is 6.26 Å². The molecule has 6 heteroatoms. The van der Waals surface area contributed by atoms with Gasteiger partial charge in [0.2, 0.25) is 5.79 Å². The van der Waals surface area contributed by atoms with E-state index >= 15 is 0 Å². The molecule has 6 nitrogen and oxygen atoms in total. The monoisotopic (exact) mass is 258 g/mol. The molecule has 0 aromatic carbocycles. The smallest absolute Gasteiger partial charge is 0.244 e. The largest absolute Gasteiger partial charge is 0.457 e. The van der Waals surface area contributed by atoms with Crippen molar-refractivity contribution in [3.63, 3.8) is 0 Å². The van der Waals surface area contributed by atoms with Crippen molar-refractivity contribution in [3.8, 4) is 0 Å². The maximum Gasteiger partial charge on any atom is 0.244 e. The normalized spacial score (nSPS) is 44.2. The average Bonchev–Trinajstić information content (AvgIpc) is 2.81. The summed E-state index contributed by atoms with van der Waals surface area (Å²) in [4.78, 5) is 0. The van der Waals surface area contributed by atoms with Gasteiger partial charge in [-0.2, -0.15) is 0 Å². The Morgan fingerprint density at radius 2 is 1.83 bits per heavy atom. The molecule has 0 aliphatic carbocycles. The Hall–Kier alpha value is -0.820. The molecule has 0 aromatic heterocycles. The van der Waals surface area contributed by atoms with Crippen LogP contribution < -0.4 is 0 Å². The number of fused-ring (bicyclic) bond motifs is 1. The molecule has 0 saturated carbocycles. The van der Waals surface area contributed by atoms with Crippen molar-refractivity contribution in [2.24, 2.45) is 0 Å². The van der Waals surface area contributed by atoms with Gasteiger partial charge in [0.15, 0.2) is 17.8 Å². The van der Waals surface area contributed by atoms with Crippen LogP contribution in [-0.4, -0.2) is 41.3 Å². The molecule has 3 rings (SSSR count). The van der Waals surface area contributed by atoms with Crippen molar-refractivity contribution in [1.82, 2.24) is 0 Å².